The van der Waals surface area contributed by atoms with E-state index in [1.807, 2.05) is 60.1 Å². The van der Waals surface area contributed by atoms with Gasteiger partial charge in [0.25, 0.3) is 0 Å². The first-order valence-electron chi connectivity index (χ1n) is 9.13. The van der Waals surface area contributed by atoms with Crippen LogP contribution in [0.4, 0.5) is 16.5 Å². The van der Waals surface area contributed by atoms with Crippen molar-refractivity contribution >= 4 is 72.6 Å². The van der Waals surface area contributed by atoms with Crippen molar-refractivity contribution in [2.24, 2.45) is 17.3 Å². The molecule has 29 heavy (non-hydrogen) atoms. The van der Waals surface area contributed by atoms with E-state index in [0.29, 0.717) is 11.8 Å². The van der Waals surface area contributed by atoms with Gasteiger partial charge in [0, 0.05) is 35.7 Å². The van der Waals surface area contributed by atoms with Crippen LogP contribution in [0.1, 0.15) is 0 Å². The van der Waals surface area contributed by atoms with Gasteiger partial charge < -0.3 is 4.90 Å². The monoisotopic (exact) mass is 445 g/mol. The predicted octanol–water partition coefficient (Wildman–Crippen LogP) is 5.37. The minimum Gasteiger partial charge on any atom is -0.369 e. The Morgan fingerprint density at radius 2 is 1.59 bits per heavy atom. The molecule has 0 radical (unpaired) electrons. The average molecular weight is 446 g/mol. The van der Waals surface area contributed by atoms with Crippen molar-refractivity contribution in [3.05, 3.63) is 48.5 Å². The van der Waals surface area contributed by atoms with Gasteiger partial charge in [-0.1, -0.05) is 22.2 Å². The third kappa shape index (κ3) is 4.32. The maximum atomic E-state index is 5.88. The summed E-state index contributed by atoms with van der Waals surface area (Å²) < 4.78 is 1.92. The van der Waals surface area contributed by atoms with Gasteiger partial charge in [-0.25, -0.2) is 9.55 Å². The summed E-state index contributed by atoms with van der Waals surface area (Å²) in [6.45, 7) is 1.50. The average Bonchev–Trinajstić information content (AvgIpc) is 3.05. The van der Waals surface area contributed by atoms with Gasteiger partial charge in [-0.05, 0) is 47.7 Å². The maximum Gasteiger partial charge on any atom is 0.347 e. The first kappa shape index (κ1) is 19.9. The molecule has 0 fully saturated rings. The number of alkyl halides is 2. The summed E-state index contributed by atoms with van der Waals surface area (Å²) >= 11 is 13.2. The van der Waals surface area contributed by atoms with E-state index in [9.17, 15) is 0 Å². The molecule has 148 valence electrons. The molecule has 4 aromatic rings. The Hall–Kier alpha value is -2.35. The highest BCUT2D eigenvalue weighted by atomic mass is 35.5. The third-order valence-corrected chi connectivity index (χ3v) is 5.83. The lowest BCUT2D eigenvalue weighted by atomic mass is 10.2. The normalized spacial score (nSPS) is 11.7. The van der Waals surface area contributed by atoms with Crippen LogP contribution >= 0.6 is 34.5 Å². The molecular formula is C20H19Cl2N6S+. The number of azo groups is 1. The van der Waals surface area contributed by atoms with Gasteiger partial charge in [-0.2, -0.15) is 0 Å². The predicted molar refractivity (Wildman–Crippen MR) is 120 cm³/mol. The highest BCUT2D eigenvalue weighted by Gasteiger charge is 2.18. The fourth-order valence-corrected chi connectivity index (χ4v) is 4.30. The zero-order chi connectivity index (χ0) is 20.2. The highest BCUT2D eigenvalue weighted by molar-refractivity contribution is 7.20. The lowest BCUT2D eigenvalue weighted by Gasteiger charge is -2.22. The van der Waals surface area contributed by atoms with E-state index in [2.05, 4.69) is 20.1 Å². The van der Waals surface area contributed by atoms with E-state index in [1.54, 1.807) is 0 Å². The first-order chi connectivity index (χ1) is 14.2. The molecular weight excluding hydrogens is 427 g/mol. The second-order valence-electron chi connectivity index (χ2n) is 6.37. The van der Waals surface area contributed by atoms with Crippen LogP contribution in [0, 0.1) is 0 Å². The standard InChI is InChI=1S/C20H19Cl2N6S/c1-27-18-19(24-17-5-3-2-4-16(17)23-18)29-20(27)26-25-14-6-8-15(9-7-14)28(12-10-21)13-11-22/h2-9H,10-13H2,1H3/q+1. The molecule has 0 unspecified atom stereocenters. The van der Waals surface area contributed by atoms with E-state index in [4.69, 9.17) is 28.2 Å². The molecule has 0 aliphatic carbocycles. The largest absolute Gasteiger partial charge is 0.369 e. The zero-order valence-electron chi connectivity index (χ0n) is 15.8. The van der Waals surface area contributed by atoms with Crippen molar-refractivity contribution < 1.29 is 4.57 Å². The lowest BCUT2D eigenvalue weighted by molar-refractivity contribution is -0.629. The van der Waals surface area contributed by atoms with E-state index >= 15 is 0 Å². The number of fused-ring (bicyclic) bond motifs is 2. The van der Waals surface area contributed by atoms with Crippen LogP contribution in [0.5, 0.6) is 0 Å². The third-order valence-electron chi connectivity index (χ3n) is 4.49. The number of aromatic nitrogens is 3. The van der Waals surface area contributed by atoms with Crippen LogP contribution in [0.3, 0.4) is 0 Å². The topological polar surface area (TPSA) is 57.6 Å². The van der Waals surface area contributed by atoms with Crippen molar-refractivity contribution in [1.29, 1.82) is 0 Å². The van der Waals surface area contributed by atoms with Crippen molar-refractivity contribution in [2.75, 3.05) is 29.7 Å². The van der Waals surface area contributed by atoms with Gasteiger partial charge in [0.15, 0.2) is 10.3 Å². The molecule has 0 atom stereocenters. The fourth-order valence-electron chi connectivity index (χ4n) is 3.00. The molecule has 0 spiro atoms. The number of anilines is 1. The number of thiazole rings is 1. The minimum atomic E-state index is 0.553. The molecule has 2 aromatic carbocycles. The zero-order valence-corrected chi connectivity index (χ0v) is 18.1. The van der Waals surface area contributed by atoms with Crippen LogP contribution < -0.4 is 9.47 Å². The second kappa shape index (κ2) is 8.98. The van der Waals surface area contributed by atoms with Crippen molar-refractivity contribution in [3.63, 3.8) is 0 Å². The van der Waals surface area contributed by atoms with Gasteiger partial charge in [-0.3, -0.25) is 0 Å². The second-order valence-corrected chi connectivity index (χ2v) is 8.08. The Morgan fingerprint density at radius 3 is 2.24 bits per heavy atom. The van der Waals surface area contributed by atoms with Gasteiger partial charge in [0.05, 0.1) is 7.05 Å². The molecule has 0 aliphatic rings. The van der Waals surface area contributed by atoms with E-state index in [0.717, 1.165) is 51.1 Å². The molecule has 2 heterocycles. The summed E-state index contributed by atoms with van der Waals surface area (Å²) in [5.41, 5.74) is 4.38. The van der Waals surface area contributed by atoms with E-state index in [-0.39, 0.29) is 0 Å². The van der Waals surface area contributed by atoms with Gasteiger partial charge in [0.1, 0.15) is 11.2 Å². The molecule has 2 aromatic heterocycles. The highest BCUT2D eigenvalue weighted by Crippen LogP contribution is 2.27. The fraction of sp³-hybridized carbons (Fsp3) is 0.250. The summed E-state index contributed by atoms with van der Waals surface area (Å²) in [7, 11) is 1.93. The Bertz CT molecular complexity index is 1150. The number of hydrogen-bond acceptors (Lipinski definition) is 6. The smallest absolute Gasteiger partial charge is 0.347 e. The molecule has 0 saturated heterocycles. The van der Waals surface area contributed by atoms with Crippen LogP contribution in [0.2, 0.25) is 0 Å². The quantitative estimate of drug-likeness (QED) is 0.218. The molecule has 0 saturated carbocycles. The number of benzene rings is 2. The van der Waals surface area contributed by atoms with Gasteiger partial charge in [0.2, 0.25) is 0 Å². The van der Waals surface area contributed by atoms with Crippen LogP contribution in [-0.2, 0) is 7.05 Å². The maximum absolute atomic E-state index is 5.88. The van der Waals surface area contributed by atoms with Crippen molar-refractivity contribution in [3.8, 4) is 0 Å². The molecule has 0 aliphatic heterocycles. The Balaban J connectivity index is 1.59. The van der Waals surface area contributed by atoms with Crippen LogP contribution in [0.15, 0.2) is 58.8 Å². The Morgan fingerprint density at radius 1 is 0.931 bits per heavy atom. The summed E-state index contributed by atoms with van der Waals surface area (Å²) in [4.78, 5) is 12.4. The van der Waals surface area contributed by atoms with E-state index in [1.165, 1.54) is 11.3 Å². The SMILES string of the molecule is C[n+]1c(/N=N/c2ccc(N(CCCl)CCCl)cc2)sc2nc3ccccc3nc21. The van der Waals surface area contributed by atoms with Crippen LogP contribution in [-0.4, -0.2) is 34.8 Å². The van der Waals surface area contributed by atoms with Crippen molar-refractivity contribution in [1.82, 2.24) is 9.97 Å². The molecule has 0 N–H and O–H groups in total. The number of nitrogens with zero attached hydrogens (tertiary/aromatic N) is 6. The molecule has 0 amide bonds. The Labute approximate surface area is 182 Å². The molecule has 0 bridgehead atoms. The number of hydrogen-bond donors (Lipinski definition) is 0. The summed E-state index contributed by atoms with van der Waals surface area (Å²) in [6, 6.07) is 15.7. The molecule has 9 heteroatoms. The van der Waals surface area contributed by atoms with Crippen molar-refractivity contribution in [2.45, 2.75) is 0 Å². The molecule has 4 rings (SSSR count). The summed E-state index contributed by atoms with van der Waals surface area (Å²) in [5, 5.41) is 9.55. The first-order valence-corrected chi connectivity index (χ1v) is 11.0. The minimum absolute atomic E-state index is 0.553. The van der Waals surface area contributed by atoms with Gasteiger partial charge in [-0.15, -0.1) is 23.2 Å². The summed E-state index contributed by atoms with van der Waals surface area (Å²) in [5.74, 6) is 1.11. The Kier molecular flexibility index (Phi) is 6.18. The summed E-state index contributed by atoms with van der Waals surface area (Å²) in [6.07, 6.45) is 0. The number of aryl methyl sites for hydroxylation is 1. The molecule has 6 nitrogen and oxygen atoms in total. The number of para-hydroxylation sites is 2. The number of rotatable bonds is 7. The van der Waals surface area contributed by atoms with E-state index < -0.39 is 0 Å². The van der Waals surface area contributed by atoms with Gasteiger partial charge >= 0.3 is 10.8 Å². The van der Waals surface area contributed by atoms with Crippen LogP contribution in [0.25, 0.3) is 21.5 Å². The number of halogens is 2. The lowest BCUT2D eigenvalue weighted by Crippen LogP contribution is -2.27.